The predicted octanol–water partition coefficient (Wildman–Crippen LogP) is 3.64. The van der Waals surface area contributed by atoms with Crippen LogP contribution in [0.4, 0.5) is 0 Å². The summed E-state index contributed by atoms with van der Waals surface area (Å²) in [5, 5.41) is 0.832. The van der Waals surface area contributed by atoms with Crippen LogP contribution in [0.3, 0.4) is 0 Å². The fourth-order valence-corrected chi connectivity index (χ4v) is 3.76. The molecule has 2 atom stereocenters. The molecule has 1 fully saturated rings. The fraction of sp³-hybridized carbons (Fsp3) is 1.00. The molecule has 0 spiro atoms. The highest BCUT2D eigenvalue weighted by Gasteiger charge is 2.33. The highest BCUT2D eigenvalue weighted by molar-refractivity contribution is 7.99. The third-order valence-electron chi connectivity index (χ3n) is 3.40. The van der Waals surface area contributed by atoms with Gasteiger partial charge in [0.2, 0.25) is 0 Å². The van der Waals surface area contributed by atoms with Crippen molar-refractivity contribution in [3.05, 3.63) is 0 Å². The van der Waals surface area contributed by atoms with E-state index in [2.05, 4.69) is 58.2 Å². The predicted molar refractivity (Wildman–Crippen MR) is 71.6 cm³/mol. The molecular weight excluding hydrogens is 202 g/mol. The standard InChI is InChI=1S/C13H27NS/c1-10(2)14-8-7-11(3)15-9-12(14)13(4,5)6/h10-12H,7-9H2,1-6H3/t11?,12-/m0/s1. The maximum atomic E-state index is 2.70. The number of thioether (sulfide) groups is 1. The first kappa shape index (κ1) is 13.4. The van der Waals surface area contributed by atoms with Gasteiger partial charge in [0.05, 0.1) is 0 Å². The molecule has 0 amide bonds. The van der Waals surface area contributed by atoms with E-state index in [0.717, 1.165) is 11.3 Å². The van der Waals surface area contributed by atoms with Gasteiger partial charge in [-0.1, -0.05) is 27.7 Å². The summed E-state index contributed by atoms with van der Waals surface area (Å²) in [6.07, 6.45) is 1.34. The average Bonchev–Trinajstić information content (AvgIpc) is 2.25. The first-order valence-electron chi connectivity index (χ1n) is 6.19. The normalized spacial score (nSPS) is 30.6. The molecule has 1 heterocycles. The Morgan fingerprint density at radius 3 is 2.33 bits per heavy atom. The molecule has 1 rings (SSSR count). The zero-order valence-corrected chi connectivity index (χ0v) is 12.0. The van der Waals surface area contributed by atoms with E-state index in [9.17, 15) is 0 Å². The van der Waals surface area contributed by atoms with Gasteiger partial charge < -0.3 is 0 Å². The third-order valence-corrected chi connectivity index (χ3v) is 4.71. The lowest BCUT2D eigenvalue weighted by atomic mass is 9.86. The van der Waals surface area contributed by atoms with Crippen LogP contribution in [0.1, 0.15) is 48.0 Å². The molecule has 1 saturated heterocycles. The molecule has 90 valence electrons. The summed E-state index contributed by atoms with van der Waals surface area (Å²) >= 11 is 2.15. The lowest BCUT2D eigenvalue weighted by molar-refractivity contribution is 0.0883. The van der Waals surface area contributed by atoms with E-state index in [1.165, 1.54) is 18.7 Å². The first-order chi connectivity index (χ1) is 6.82. The van der Waals surface area contributed by atoms with Crippen LogP contribution in [0.5, 0.6) is 0 Å². The zero-order valence-electron chi connectivity index (χ0n) is 11.2. The second-order valence-corrected chi connectivity index (χ2v) is 7.62. The molecule has 0 N–H and O–H groups in total. The minimum Gasteiger partial charge on any atom is -0.297 e. The Balaban J connectivity index is 2.78. The number of rotatable bonds is 1. The van der Waals surface area contributed by atoms with Gasteiger partial charge in [0.1, 0.15) is 0 Å². The van der Waals surface area contributed by atoms with Gasteiger partial charge in [-0.15, -0.1) is 0 Å². The van der Waals surface area contributed by atoms with Crippen LogP contribution in [-0.2, 0) is 0 Å². The lowest BCUT2D eigenvalue weighted by Crippen LogP contribution is -2.48. The van der Waals surface area contributed by atoms with Gasteiger partial charge in [-0.3, -0.25) is 4.90 Å². The van der Waals surface area contributed by atoms with E-state index in [-0.39, 0.29) is 0 Å². The second kappa shape index (κ2) is 5.09. The molecule has 0 aromatic heterocycles. The highest BCUT2D eigenvalue weighted by Crippen LogP contribution is 2.33. The van der Waals surface area contributed by atoms with Crippen molar-refractivity contribution in [1.82, 2.24) is 4.90 Å². The van der Waals surface area contributed by atoms with Crippen molar-refractivity contribution in [3.8, 4) is 0 Å². The van der Waals surface area contributed by atoms with E-state index in [1.807, 2.05) is 0 Å². The number of hydrogen-bond acceptors (Lipinski definition) is 2. The number of hydrogen-bond donors (Lipinski definition) is 0. The molecule has 0 bridgehead atoms. The molecule has 1 unspecified atom stereocenters. The second-order valence-electron chi connectivity index (χ2n) is 6.15. The smallest absolute Gasteiger partial charge is 0.0237 e. The van der Waals surface area contributed by atoms with E-state index in [0.29, 0.717) is 11.5 Å². The Hall–Kier alpha value is 0.310. The monoisotopic (exact) mass is 229 g/mol. The molecule has 1 aliphatic heterocycles. The van der Waals surface area contributed by atoms with Gasteiger partial charge in [0.25, 0.3) is 0 Å². The molecule has 1 nitrogen and oxygen atoms in total. The van der Waals surface area contributed by atoms with E-state index < -0.39 is 0 Å². The summed E-state index contributed by atoms with van der Waals surface area (Å²) in [4.78, 5) is 2.70. The molecule has 0 aliphatic carbocycles. The van der Waals surface area contributed by atoms with Gasteiger partial charge >= 0.3 is 0 Å². The summed E-state index contributed by atoms with van der Waals surface area (Å²) in [7, 11) is 0. The van der Waals surface area contributed by atoms with Crippen molar-refractivity contribution in [3.63, 3.8) is 0 Å². The molecule has 0 aromatic rings. The first-order valence-corrected chi connectivity index (χ1v) is 7.24. The maximum absolute atomic E-state index is 2.70. The summed E-state index contributed by atoms with van der Waals surface area (Å²) in [6, 6.07) is 1.41. The van der Waals surface area contributed by atoms with Gasteiger partial charge in [-0.05, 0) is 32.2 Å². The van der Waals surface area contributed by atoms with Gasteiger partial charge in [-0.2, -0.15) is 11.8 Å². The largest absolute Gasteiger partial charge is 0.297 e. The Labute approximate surface area is 100.0 Å². The van der Waals surface area contributed by atoms with Gasteiger partial charge in [0, 0.05) is 23.1 Å². The quantitative estimate of drug-likeness (QED) is 0.675. The lowest BCUT2D eigenvalue weighted by Gasteiger charge is -2.41. The fourth-order valence-electron chi connectivity index (χ4n) is 2.29. The van der Waals surface area contributed by atoms with Crippen molar-refractivity contribution < 1.29 is 0 Å². The van der Waals surface area contributed by atoms with Gasteiger partial charge in [-0.25, -0.2) is 0 Å². The zero-order chi connectivity index (χ0) is 11.6. The maximum Gasteiger partial charge on any atom is 0.0237 e. The Morgan fingerprint density at radius 1 is 1.27 bits per heavy atom. The summed E-state index contributed by atoms with van der Waals surface area (Å²) in [5.41, 5.74) is 0.404. The molecule has 0 radical (unpaired) electrons. The topological polar surface area (TPSA) is 3.24 Å². The molecule has 2 heteroatoms. The average molecular weight is 229 g/mol. The van der Waals surface area contributed by atoms with Crippen LogP contribution >= 0.6 is 11.8 Å². The van der Waals surface area contributed by atoms with Crippen LogP contribution in [0.2, 0.25) is 0 Å². The molecule has 1 aliphatic rings. The van der Waals surface area contributed by atoms with Crippen molar-refractivity contribution in [2.75, 3.05) is 12.3 Å². The minimum atomic E-state index is 0.404. The van der Waals surface area contributed by atoms with Crippen LogP contribution in [0.15, 0.2) is 0 Å². The molecular formula is C13H27NS. The number of nitrogens with zero attached hydrogens (tertiary/aromatic N) is 1. The van der Waals surface area contributed by atoms with Crippen molar-refractivity contribution in [2.24, 2.45) is 5.41 Å². The molecule has 15 heavy (non-hydrogen) atoms. The summed E-state index contributed by atoms with van der Waals surface area (Å²) in [6.45, 7) is 15.4. The minimum absolute atomic E-state index is 0.404. The van der Waals surface area contributed by atoms with Crippen molar-refractivity contribution >= 4 is 11.8 Å². The van der Waals surface area contributed by atoms with Gasteiger partial charge in [0.15, 0.2) is 0 Å². The summed E-state index contributed by atoms with van der Waals surface area (Å²) in [5.74, 6) is 1.29. The Bertz CT molecular complexity index is 195. The highest BCUT2D eigenvalue weighted by atomic mass is 32.2. The third kappa shape index (κ3) is 3.67. The SMILES string of the molecule is CC1CCN(C(C)C)[C@H](C(C)(C)C)CS1. The van der Waals surface area contributed by atoms with Crippen LogP contribution in [0, 0.1) is 5.41 Å². The summed E-state index contributed by atoms with van der Waals surface area (Å²) < 4.78 is 0. The van der Waals surface area contributed by atoms with E-state index in [4.69, 9.17) is 0 Å². The Morgan fingerprint density at radius 2 is 1.87 bits per heavy atom. The van der Waals surface area contributed by atoms with Crippen LogP contribution < -0.4 is 0 Å². The van der Waals surface area contributed by atoms with E-state index in [1.54, 1.807) is 0 Å². The van der Waals surface area contributed by atoms with E-state index >= 15 is 0 Å². The molecule has 0 saturated carbocycles. The van der Waals surface area contributed by atoms with Crippen LogP contribution in [0.25, 0.3) is 0 Å². The van der Waals surface area contributed by atoms with Crippen molar-refractivity contribution in [2.45, 2.75) is 65.3 Å². The Kier molecular flexibility index (Phi) is 4.54. The van der Waals surface area contributed by atoms with Crippen molar-refractivity contribution in [1.29, 1.82) is 0 Å². The molecule has 0 aromatic carbocycles. The van der Waals surface area contributed by atoms with Crippen LogP contribution in [-0.4, -0.2) is 34.5 Å².